The van der Waals surface area contributed by atoms with Crippen LogP contribution in [0.4, 0.5) is 0 Å². The zero-order valence-electron chi connectivity index (χ0n) is 10.2. The van der Waals surface area contributed by atoms with Crippen LogP contribution in [0.1, 0.15) is 37.8 Å². The fraction of sp³-hybridized carbons (Fsp3) is 0.385. The maximum absolute atomic E-state index is 12.3. The molecule has 0 aliphatic heterocycles. The Kier molecular flexibility index (Phi) is 3.20. The van der Waals surface area contributed by atoms with Crippen molar-refractivity contribution in [1.82, 2.24) is 9.38 Å². The molecule has 0 spiro atoms. The van der Waals surface area contributed by atoms with Crippen molar-refractivity contribution in [2.45, 2.75) is 33.1 Å². The quantitative estimate of drug-likeness (QED) is 0.768. The summed E-state index contributed by atoms with van der Waals surface area (Å²) in [5, 5.41) is 0.325. The topological polar surface area (TPSA) is 34.4 Å². The smallest absolute Gasteiger partial charge is 0.262 e. The molecule has 0 bridgehead atoms. The summed E-state index contributed by atoms with van der Waals surface area (Å²) in [5.41, 5.74) is 2.21. The SMILES string of the molecule is CCc1cccn2c(=O)c(C(C)C)c(Cl)nc12. The molecule has 0 aromatic carbocycles. The van der Waals surface area contributed by atoms with E-state index in [4.69, 9.17) is 11.6 Å². The lowest BCUT2D eigenvalue weighted by Crippen LogP contribution is -2.22. The third-order valence-electron chi connectivity index (χ3n) is 2.88. The normalized spacial score (nSPS) is 11.4. The predicted octanol–water partition coefficient (Wildman–Crippen LogP) is 3.03. The Bertz CT molecular complexity index is 617. The van der Waals surface area contributed by atoms with Gasteiger partial charge in [0.05, 0.1) is 5.56 Å². The van der Waals surface area contributed by atoms with Gasteiger partial charge in [-0.25, -0.2) is 4.98 Å². The Hall–Kier alpha value is -1.35. The van der Waals surface area contributed by atoms with Gasteiger partial charge in [0.25, 0.3) is 5.56 Å². The maximum atomic E-state index is 12.3. The van der Waals surface area contributed by atoms with Crippen molar-refractivity contribution in [2.24, 2.45) is 0 Å². The average molecular weight is 251 g/mol. The fourth-order valence-electron chi connectivity index (χ4n) is 1.97. The standard InChI is InChI=1S/C13H15ClN2O/c1-4-9-6-5-7-16-12(9)15-11(14)10(8(2)3)13(16)17/h5-8H,4H2,1-3H3. The van der Waals surface area contributed by atoms with E-state index in [1.807, 2.05) is 32.9 Å². The molecule has 2 heterocycles. The number of hydrogen-bond donors (Lipinski definition) is 0. The highest BCUT2D eigenvalue weighted by atomic mass is 35.5. The first-order valence-corrected chi connectivity index (χ1v) is 6.13. The summed E-state index contributed by atoms with van der Waals surface area (Å²) in [6, 6.07) is 3.83. The predicted molar refractivity (Wildman–Crippen MR) is 69.9 cm³/mol. The van der Waals surface area contributed by atoms with E-state index in [-0.39, 0.29) is 11.5 Å². The van der Waals surface area contributed by atoms with Gasteiger partial charge in [0.2, 0.25) is 0 Å². The van der Waals surface area contributed by atoms with Gasteiger partial charge in [0, 0.05) is 6.20 Å². The van der Waals surface area contributed by atoms with Gasteiger partial charge in [0.15, 0.2) is 0 Å². The molecule has 3 nitrogen and oxygen atoms in total. The summed E-state index contributed by atoms with van der Waals surface area (Å²) in [7, 11) is 0. The van der Waals surface area contributed by atoms with Crippen molar-refractivity contribution in [3.63, 3.8) is 0 Å². The number of halogens is 1. The highest BCUT2D eigenvalue weighted by Gasteiger charge is 2.15. The molecule has 2 aromatic heterocycles. The van der Waals surface area contributed by atoms with E-state index in [2.05, 4.69) is 4.98 Å². The van der Waals surface area contributed by atoms with Gasteiger partial charge in [-0.1, -0.05) is 38.4 Å². The zero-order chi connectivity index (χ0) is 12.6. The van der Waals surface area contributed by atoms with Crippen LogP contribution in [-0.4, -0.2) is 9.38 Å². The largest absolute Gasteiger partial charge is 0.269 e. The number of pyridine rings is 1. The van der Waals surface area contributed by atoms with E-state index in [1.165, 1.54) is 0 Å². The van der Waals surface area contributed by atoms with E-state index in [1.54, 1.807) is 10.6 Å². The first kappa shape index (κ1) is 12.1. The zero-order valence-corrected chi connectivity index (χ0v) is 11.0. The summed E-state index contributed by atoms with van der Waals surface area (Å²) < 4.78 is 1.58. The Morgan fingerprint density at radius 3 is 2.76 bits per heavy atom. The van der Waals surface area contributed by atoms with Crippen LogP contribution < -0.4 is 5.56 Å². The molecule has 2 aromatic rings. The molecular formula is C13H15ClN2O. The van der Waals surface area contributed by atoms with Crippen LogP contribution in [-0.2, 0) is 6.42 Å². The lowest BCUT2D eigenvalue weighted by atomic mass is 10.1. The second kappa shape index (κ2) is 4.49. The van der Waals surface area contributed by atoms with E-state index in [0.29, 0.717) is 16.4 Å². The van der Waals surface area contributed by atoms with Gasteiger partial charge in [-0.2, -0.15) is 0 Å². The van der Waals surface area contributed by atoms with Crippen LogP contribution >= 0.6 is 11.6 Å². The summed E-state index contributed by atoms with van der Waals surface area (Å²) >= 11 is 6.11. The summed E-state index contributed by atoms with van der Waals surface area (Å²) in [5.74, 6) is 0.0738. The summed E-state index contributed by atoms with van der Waals surface area (Å²) in [4.78, 5) is 16.7. The van der Waals surface area contributed by atoms with Crippen molar-refractivity contribution in [3.05, 3.63) is 45.0 Å². The van der Waals surface area contributed by atoms with Crippen molar-refractivity contribution in [2.75, 3.05) is 0 Å². The van der Waals surface area contributed by atoms with Crippen LogP contribution in [0.5, 0.6) is 0 Å². The first-order valence-electron chi connectivity index (χ1n) is 5.76. The van der Waals surface area contributed by atoms with E-state index < -0.39 is 0 Å². The monoisotopic (exact) mass is 250 g/mol. The Morgan fingerprint density at radius 2 is 2.18 bits per heavy atom. The molecule has 0 atom stereocenters. The molecule has 17 heavy (non-hydrogen) atoms. The minimum atomic E-state index is -0.0645. The number of rotatable bonds is 2. The maximum Gasteiger partial charge on any atom is 0.262 e. The van der Waals surface area contributed by atoms with Crippen LogP contribution in [0.25, 0.3) is 5.65 Å². The molecule has 0 N–H and O–H groups in total. The van der Waals surface area contributed by atoms with Crippen molar-refractivity contribution < 1.29 is 0 Å². The molecular weight excluding hydrogens is 236 g/mol. The van der Waals surface area contributed by atoms with Crippen LogP contribution in [0.15, 0.2) is 23.1 Å². The number of fused-ring (bicyclic) bond motifs is 1. The number of hydrogen-bond acceptors (Lipinski definition) is 2. The Morgan fingerprint density at radius 1 is 1.47 bits per heavy atom. The molecule has 0 unspecified atom stereocenters. The van der Waals surface area contributed by atoms with Gasteiger partial charge in [-0.15, -0.1) is 0 Å². The highest BCUT2D eigenvalue weighted by molar-refractivity contribution is 6.30. The second-order valence-electron chi connectivity index (χ2n) is 4.36. The molecule has 0 fully saturated rings. The highest BCUT2D eigenvalue weighted by Crippen LogP contribution is 2.20. The molecule has 0 aliphatic rings. The molecule has 0 aliphatic carbocycles. The van der Waals surface area contributed by atoms with Gasteiger partial charge in [-0.05, 0) is 24.0 Å². The minimum Gasteiger partial charge on any atom is -0.269 e. The van der Waals surface area contributed by atoms with Crippen LogP contribution in [0.2, 0.25) is 5.15 Å². The van der Waals surface area contributed by atoms with Gasteiger partial charge in [0.1, 0.15) is 10.8 Å². The van der Waals surface area contributed by atoms with Crippen molar-refractivity contribution in [3.8, 4) is 0 Å². The number of nitrogens with zero attached hydrogens (tertiary/aromatic N) is 2. The third-order valence-corrected chi connectivity index (χ3v) is 3.17. The molecule has 0 saturated carbocycles. The van der Waals surface area contributed by atoms with Gasteiger partial charge < -0.3 is 0 Å². The number of aromatic nitrogens is 2. The van der Waals surface area contributed by atoms with Crippen LogP contribution in [0, 0.1) is 0 Å². The van der Waals surface area contributed by atoms with Gasteiger partial charge >= 0.3 is 0 Å². The summed E-state index contributed by atoms with van der Waals surface area (Å²) in [6.45, 7) is 5.92. The summed E-state index contributed by atoms with van der Waals surface area (Å²) in [6.07, 6.45) is 2.57. The van der Waals surface area contributed by atoms with Gasteiger partial charge in [-0.3, -0.25) is 9.20 Å². The Labute approximate surface area is 105 Å². The molecule has 2 rings (SSSR count). The van der Waals surface area contributed by atoms with Crippen molar-refractivity contribution >= 4 is 17.2 Å². The molecule has 4 heteroatoms. The van der Waals surface area contributed by atoms with E-state index in [9.17, 15) is 4.79 Å². The molecule has 0 radical (unpaired) electrons. The van der Waals surface area contributed by atoms with E-state index in [0.717, 1.165) is 12.0 Å². The lowest BCUT2D eigenvalue weighted by molar-refractivity contribution is 0.820. The molecule has 0 saturated heterocycles. The minimum absolute atomic E-state index is 0.0645. The van der Waals surface area contributed by atoms with E-state index >= 15 is 0 Å². The fourth-order valence-corrected chi connectivity index (χ4v) is 2.35. The lowest BCUT2D eigenvalue weighted by Gasteiger charge is -2.11. The molecule has 0 amide bonds. The van der Waals surface area contributed by atoms with Crippen molar-refractivity contribution in [1.29, 1.82) is 0 Å². The average Bonchev–Trinajstić information content (AvgIpc) is 2.28. The van der Waals surface area contributed by atoms with Crippen LogP contribution in [0.3, 0.4) is 0 Å². The second-order valence-corrected chi connectivity index (χ2v) is 4.71. The third kappa shape index (κ3) is 1.95. The number of aryl methyl sites for hydroxylation is 1. The Balaban J connectivity index is 2.91. The first-order chi connectivity index (χ1) is 8.06. The molecule has 90 valence electrons.